The van der Waals surface area contributed by atoms with E-state index in [9.17, 15) is 23.3 Å². The predicted octanol–water partition coefficient (Wildman–Crippen LogP) is 4.91. The molecular formula is C22H14ClN3O6S2. The lowest BCUT2D eigenvalue weighted by atomic mass is 10.2. The van der Waals surface area contributed by atoms with Crippen molar-refractivity contribution in [1.82, 2.24) is 5.32 Å². The van der Waals surface area contributed by atoms with Gasteiger partial charge in [-0.05, 0) is 65.9 Å². The Morgan fingerprint density at radius 1 is 1.06 bits per heavy atom. The smallest absolute Gasteiger partial charge is 0.339 e. The molecule has 1 N–H and O–H groups in total. The number of nitro groups is 1. The van der Waals surface area contributed by atoms with Crippen LogP contribution in [-0.2, 0) is 14.9 Å². The summed E-state index contributed by atoms with van der Waals surface area (Å²) in [5.74, 6) is -0.298. The van der Waals surface area contributed by atoms with Gasteiger partial charge in [0.2, 0.25) is 0 Å². The molecule has 0 atom stereocenters. The van der Waals surface area contributed by atoms with Gasteiger partial charge in [0, 0.05) is 17.2 Å². The number of hydrogen-bond acceptors (Lipinski definition) is 8. The maximum Gasteiger partial charge on any atom is 0.339 e. The van der Waals surface area contributed by atoms with Gasteiger partial charge in [0.1, 0.15) is 10.6 Å². The number of non-ortho nitro benzene ring substituents is 1. The van der Waals surface area contributed by atoms with Crippen LogP contribution in [0.3, 0.4) is 0 Å². The second-order valence-electron chi connectivity index (χ2n) is 6.82. The van der Waals surface area contributed by atoms with Gasteiger partial charge in [-0.2, -0.15) is 8.42 Å². The molecule has 0 spiro atoms. The van der Waals surface area contributed by atoms with Gasteiger partial charge < -0.3 is 9.50 Å². The van der Waals surface area contributed by atoms with Crippen molar-refractivity contribution in [2.45, 2.75) is 4.90 Å². The molecule has 1 fully saturated rings. The van der Waals surface area contributed by atoms with Crippen molar-refractivity contribution in [2.24, 2.45) is 4.99 Å². The molecule has 1 heterocycles. The second kappa shape index (κ2) is 9.67. The number of nitro benzene ring substituents is 1. The van der Waals surface area contributed by atoms with Gasteiger partial charge >= 0.3 is 10.1 Å². The third-order valence-corrected chi connectivity index (χ3v) is 6.81. The molecule has 1 aliphatic heterocycles. The van der Waals surface area contributed by atoms with Crippen LogP contribution < -0.4 is 9.50 Å². The summed E-state index contributed by atoms with van der Waals surface area (Å²) in [6.07, 6.45) is 1.63. The second-order valence-corrected chi connectivity index (χ2v) is 9.83. The first-order valence-electron chi connectivity index (χ1n) is 9.54. The Labute approximate surface area is 203 Å². The zero-order chi connectivity index (χ0) is 24.3. The quantitative estimate of drug-likeness (QED) is 0.214. The summed E-state index contributed by atoms with van der Waals surface area (Å²) in [7, 11) is -4.27. The summed E-state index contributed by atoms with van der Waals surface area (Å²) in [6, 6.07) is 17.4. The first-order valence-corrected chi connectivity index (χ1v) is 12.1. The molecule has 3 aromatic rings. The van der Waals surface area contributed by atoms with E-state index in [2.05, 4.69) is 10.3 Å². The average Bonchev–Trinajstić information content (AvgIpc) is 3.15. The van der Waals surface area contributed by atoms with E-state index in [1.54, 1.807) is 42.5 Å². The minimum Gasteiger partial charge on any atom is -0.379 e. The van der Waals surface area contributed by atoms with Gasteiger partial charge in [-0.25, -0.2) is 4.99 Å². The van der Waals surface area contributed by atoms with Crippen molar-refractivity contribution in [3.63, 3.8) is 0 Å². The van der Waals surface area contributed by atoms with Crippen LogP contribution in [0, 0.1) is 10.1 Å². The standard InChI is InChI=1S/C22H14ClN3O6S2/c23-15-6-8-16(9-7-15)24-22-25-21(27)20(33-22)12-14-4-10-18(11-5-14)32-34(30,31)19-3-1-2-17(13-19)26(28)29/h1-13H,(H,24,25,27)/b20-12-. The summed E-state index contributed by atoms with van der Waals surface area (Å²) < 4.78 is 30.0. The molecule has 12 heteroatoms. The lowest BCUT2D eigenvalue weighted by Crippen LogP contribution is -2.19. The Morgan fingerprint density at radius 2 is 1.76 bits per heavy atom. The number of carbonyl (C=O) groups excluding carboxylic acids is 1. The maximum atomic E-state index is 12.5. The largest absolute Gasteiger partial charge is 0.379 e. The number of benzene rings is 3. The molecule has 172 valence electrons. The molecule has 0 radical (unpaired) electrons. The Bertz CT molecular complexity index is 1440. The molecule has 1 aliphatic rings. The normalized spacial score (nSPS) is 16.0. The molecule has 1 saturated heterocycles. The fraction of sp³-hybridized carbons (Fsp3) is 0. The number of nitrogens with zero attached hydrogens (tertiary/aromatic N) is 2. The highest BCUT2D eigenvalue weighted by atomic mass is 35.5. The summed E-state index contributed by atoms with van der Waals surface area (Å²) in [5.41, 5.74) is 0.906. The van der Waals surface area contributed by atoms with Gasteiger partial charge in [-0.1, -0.05) is 29.8 Å². The van der Waals surface area contributed by atoms with E-state index < -0.39 is 15.0 Å². The van der Waals surface area contributed by atoms with E-state index in [-0.39, 0.29) is 22.2 Å². The van der Waals surface area contributed by atoms with Crippen LogP contribution in [0.1, 0.15) is 5.56 Å². The number of halogens is 1. The van der Waals surface area contributed by atoms with Gasteiger partial charge in [-0.15, -0.1) is 0 Å². The highest BCUT2D eigenvalue weighted by Gasteiger charge is 2.24. The van der Waals surface area contributed by atoms with E-state index in [1.165, 1.54) is 30.3 Å². The molecule has 0 unspecified atom stereocenters. The van der Waals surface area contributed by atoms with E-state index >= 15 is 0 Å². The number of amidine groups is 1. The zero-order valence-electron chi connectivity index (χ0n) is 17.0. The fourth-order valence-corrected chi connectivity index (χ4v) is 4.75. The Kier molecular flexibility index (Phi) is 6.68. The van der Waals surface area contributed by atoms with E-state index in [0.717, 1.165) is 17.8 Å². The Morgan fingerprint density at radius 3 is 2.44 bits per heavy atom. The maximum absolute atomic E-state index is 12.5. The molecule has 0 saturated carbocycles. The van der Waals surface area contributed by atoms with Gasteiger partial charge in [0.25, 0.3) is 11.6 Å². The number of amides is 1. The molecule has 0 aromatic heterocycles. The minimum absolute atomic E-state index is 0.0159. The third kappa shape index (κ3) is 5.63. The Hall–Kier alpha value is -3.67. The molecule has 34 heavy (non-hydrogen) atoms. The number of carbonyl (C=O) groups is 1. The predicted molar refractivity (Wildman–Crippen MR) is 130 cm³/mol. The number of thioether (sulfide) groups is 1. The highest BCUT2D eigenvalue weighted by Crippen LogP contribution is 2.29. The van der Waals surface area contributed by atoms with E-state index in [4.69, 9.17) is 15.8 Å². The third-order valence-electron chi connectivity index (χ3n) is 4.41. The minimum atomic E-state index is -4.27. The number of aliphatic imine (C=N–C) groups is 1. The molecule has 0 aliphatic carbocycles. The van der Waals surface area contributed by atoms with Crippen LogP contribution >= 0.6 is 23.4 Å². The highest BCUT2D eigenvalue weighted by molar-refractivity contribution is 8.18. The lowest BCUT2D eigenvalue weighted by molar-refractivity contribution is -0.385. The van der Waals surface area contributed by atoms with Crippen molar-refractivity contribution < 1.29 is 22.3 Å². The van der Waals surface area contributed by atoms with Gasteiger partial charge in [0.05, 0.1) is 15.5 Å². The summed E-state index contributed by atoms with van der Waals surface area (Å²) in [5, 5.41) is 14.6. The van der Waals surface area contributed by atoms with Crippen molar-refractivity contribution in [1.29, 1.82) is 0 Å². The van der Waals surface area contributed by atoms with Crippen molar-refractivity contribution >= 4 is 62.0 Å². The van der Waals surface area contributed by atoms with Crippen LogP contribution in [0.15, 0.2) is 87.6 Å². The fourth-order valence-electron chi connectivity index (χ4n) is 2.81. The topological polar surface area (TPSA) is 128 Å². The average molecular weight is 516 g/mol. The van der Waals surface area contributed by atoms with Crippen LogP contribution in [0.25, 0.3) is 6.08 Å². The summed E-state index contributed by atoms with van der Waals surface area (Å²) in [4.78, 5) is 26.9. The number of nitrogens with one attached hydrogen (secondary N) is 1. The molecule has 3 aromatic carbocycles. The van der Waals surface area contributed by atoms with Crippen molar-refractivity contribution in [2.75, 3.05) is 0 Å². The van der Waals surface area contributed by atoms with Crippen LogP contribution in [0.4, 0.5) is 11.4 Å². The molecule has 0 bridgehead atoms. The SMILES string of the molecule is O=C1NC(=Nc2ccc(Cl)cc2)S/C1=C\c1ccc(OS(=O)(=O)c2cccc([N+](=O)[O-])c2)cc1. The summed E-state index contributed by atoms with van der Waals surface area (Å²) >= 11 is 7.02. The zero-order valence-corrected chi connectivity index (χ0v) is 19.4. The summed E-state index contributed by atoms with van der Waals surface area (Å²) in [6.45, 7) is 0. The van der Waals surface area contributed by atoms with Crippen molar-refractivity contribution in [3.8, 4) is 5.75 Å². The first-order chi connectivity index (χ1) is 16.2. The molecule has 1 amide bonds. The molecule has 9 nitrogen and oxygen atoms in total. The van der Waals surface area contributed by atoms with E-state index in [0.29, 0.717) is 26.3 Å². The van der Waals surface area contributed by atoms with Gasteiger partial charge in [-0.3, -0.25) is 14.9 Å². The monoisotopic (exact) mass is 515 g/mol. The van der Waals surface area contributed by atoms with Crippen LogP contribution in [-0.4, -0.2) is 24.4 Å². The van der Waals surface area contributed by atoms with Crippen LogP contribution in [0.5, 0.6) is 5.75 Å². The Balaban J connectivity index is 1.47. The van der Waals surface area contributed by atoms with Crippen molar-refractivity contribution in [3.05, 3.63) is 98.4 Å². The number of hydrogen-bond donors (Lipinski definition) is 1. The lowest BCUT2D eigenvalue weighted by Gasteiger charge is -2.07. The van der Waals surface area contributed by atoms with Gasteiger partial charge in [0.15, 0.2) is 5.17 Å². The molecular weight excluding hydrogens is 502 g/mol. The number of rotatable bonds is 6. The first kappa shape index (κ1) is 23.5. The molecule has 4 rings (SSSR count). The van der Waals surface area contributed by atoms with E-state index in [1.807, 2.05) is 0 Å². The van der Waals surface area contributed by atoms with Crippen LogP contribution in [0.2, 0.25) is 5.02 Å².